The molecule has 0 rings (SSSR count). The lowest BCUT2D eigenvalue weighted by atomic mass is 10.0. The van der Waals surface area contributed by atoms with Gasteiger partial charge in [0.2, 0.25) is 0 Å². The highest BCUT2D eigenvalue weighted by Crippen LogP contribution is 2.17. The van der Waals surface area contributed by atoms with E-state index in [1.165, 1.54) is 0 Å². The van der Waals surface area contributed by atoms with Crippen molar-refractivity contribution >= 4 is 10.1 Å². The van der Waals surface area contributed by atoms with Gasteiger partial charge in [-0.25, -0.2) is 0 Å². The molecule has 0 saturated carbocycles. The molecule has 0 spiro atoms. The topological polar surface area (TPSA) is 74.6 Å². The van der Waals surface area contributed by atoms with E-state index in [4.69, 9.17) is 4.55 Å². The number of aliphatic hydroxyl groups is 1. The minimum Gasteiger partial charge on any atom is -0.393 e. The van der Waals surface area contributed by atoms with Crippen LogP contribution in [0.25, 0.3) is 0 Å². The Kier molecular flexibility index (Phi) is 9.68. The van der Waals surface area contributed by atoms with Crippen molar-refractivity contribution in [2.75, 3.05) is 0 Å². The van der Waals surface area contributed by atoms with Crippen LogP contribution in [0.5, 0.6) is 0 Å². The maximum atomic E-state index is 11.1. The summed E-state index contributed by atoms with van der Waals surface area (Å²) in [7, 11) is -3.93. The van der Waals surface area contributed by atoms with Crippen molar-refractivity contribution in [2.45, 2.75) is 83.0 Å². The highest BCUT2D eigenvalue weighted by Gasteiger charge is 2.21. The molecular formula is C13H28O4S. The Bertz CT molecular complexity index is 287. The van der Waals surface area contributed by atoms with Gasteiger partial charge in [-0.05, 0) is 32.1 Å². The van der Waals surface area contributed by atoms with Crippen LogP contribution in [0.3, 0.4) is 0 Å². The summed E-state index contributed by atoms with van der Waals surface area (Å²) in [6, 6.07) is 0. The summed E-state index contributed by atoms with van der Waals surface area (Å²) in [6.45, 7) is 4.02. The normalized spacial score (nSPS) is 15.6. The van der Waals surface area contributed by atoms with Crippen LogP contribution in [0.4, 0.5) is 0 Å². The third-order valence-corrected chi connectivity index (χ3v) is 4.55. The zero-order chi connectivity index (χ0) is 14.0. The molecule has 0 amide bonds. The van der Waals surface area contributed by atoms with Crippen LogP contribution in [0.1, 0.15) is 71.6 Å². The van der Waals surface area contributed by atoms with Gasteiger partial charge in [0.05, 0.1) is 11.4 Å². The molecule has 0 aromatic carbocycles. The molecule has 18 heavy (non-hydrogen) atoms. The van der Waals surface area contributed by atoms with Crippen LogP contribution in [-0.2, 0) is 10.1 Å². The van der Waals surface area contributed by atoms with E-state index in [1.807, 2.05) is 6.92 Å². The van der Waals surface area contributed by atoms with Gasteiger partial charge in [0.25, 0.3) is 10.1 Å². The van der Waals surface area contributed by atoms with Crippen molar-refractivity contribution in [1.82, 2.24) is 0 Å². The van der Waals surface area contributed by atoms with Gasteiger partial charge in [0.1, 0.15) is 0 Å². The van der Waals surface area contributed by atoms with Crippen LogP contribution in [0.15, 0.2) is 0 Å². The van der Waals surface area contributed by atoms with Crippen molar-refractivity contribution in [3.05, 3.63) is 0 Å². The van der Waals surface area contributed by atoms with E-state index in [9.17, 15) is 13.5 Å². The second-order valence-electron chi connectivity index (χ2n) is 5.01. The minimum absolute atomic E-state index is 0.333. The molecule has 0 saturated heterocycles. The summed E-state index contributed by atoms with van der Waals surface area (Å²) in [4.78, 5) is 0. The molecule has 0 fully saturated rings. The van der Waals surface area contributed by atoms with Gasteiger partial charge in [-0.2, -0.15) is 8.42 Å². The first kappa shape index (κ1) is 17.9. The quantitative estimate of drug-likeness (QED) is 0.450. The molecule has 0 heterocycles. The molecule has 2 N–H and O–H groups in total. The zero-order valence-corrected chi connectivity index (χ0v) is 12.5. The van der Waals surface area contributed by atoms with Gasteiger partial charge in [-0.1, -0.05) is 39.5 Å². The molecule has 0 bridgehead atoms. The summed E-state index contributed by atoms with van der Waals surface area (Å²) >= 11 is 0. The maximum absolute atomic E-state index is 11.1. The van der Waals surface area contributed by atoms with E-state index in [0.29, 0.717) is 25.7 Å². The van der Waals surface area contributed by atoms with Crippen molar-refractivity contribution in [3.63, 3.8) is 0 Å². The fourth-order valence-electron chi connectivity index (χ4n) is 2.12. The molecular weight excluding hydrogens is 252 g/mol. The molecule has 4 nitrogen and oxygen atoms in total. The van der Waals surface area contributed by atoms with Gasteiger partial charge in [-0.3, -0.25) is 4.55 Å². The smallest absolute Gasteiger partial charge is 0.267 e. The Morgan fingerprint density at radius 2 is 1.50 bits per heavy atom. The lowest BCUT2D eigenvalue weighted by molar-refractivity contribution is 0.147. The minimum atomic E-state index is -3.93. The first-order chi connectivity index (χ1) is 8.41. The Morgan fingerprint density at radius 3 is 2.00 bits per heavy atom. The molecule has 2 unspecified atom stereocenters. The Morgan fingerprint density at radius 1 is 0.889 bits per heavy atom. The second-order valence-corrected chi connectivity index (χ2v) is 6.70. The Balaban J connectivity index is 3.85. The van der Waals surface area contributed by atoms with Crippen molar-refractivity contribution in [3.8, 4) is 0 Å². The van der Waals surface area contributed by atoms with E-state index < -0.39 is 15.4 Å². The van der Waals surface area contributed by atoms with Gasteiger partial charge in [0.15, 0.2) is 0 Å². The summed E-state index contributed by atoms with van der Waals surface area (Å²) in [6.07, 6.45) is 6.68. The Labute approximate surface area is 112 Å². The summed E-state index contributed by atoms with van der Waals surface area (Å²) in [5.74, 6) is 0. The third-order valence-electron chi connectivity index (χ3n) is 3.24. The highest BCUT2D eigenvalue weighted by molar-refractivity contribution is 7.86. The van der Waals surface area contributed by atoms with E-state index in [2.05, 4.69) is 6.92 Å². The van der Waals surface area contributed by atoms with Crippen molar-refractivity contribution < 1.29 is 18.1 Å². The fraction of sp³-hybridized carbons (Fsp3) is 1.00. The van der Waals surface area contributed by atoms with E-state index in [0.717, 1.165) is 32.1 Å². The van der Waals surface area contributed by atoms with E-state index in [1.54, 1.807) is 0 Å². The molecule has 0 aromatic rings. The molecule has 110 valence electrons. The molecule has 0 aliphatic heterocycles. The second kappa shape index (κ2) is 9.75. The number of aliphatic hydroxyl groups excluding tert-OH is 1. The first-order valence-corrected chi connectivity index (χ1v) is 8.56. The Hall–Kier alpha value is -0.130. The lowest BCUT2D eigenvalue weighted by Gasteiger charge is -2.14. The SMILES string of the molecule is CCCCCC(O)CCCC(CCC)S(=O)(=O)O. The predicted octanol–water partition coefficient (Wildman–Crippen LogP) is 3.15. The van der Waals surface area contributed by atoms with Gasteiger partial charge in [-0.15, -0.1) is 0 Å². The molecule has 0 aliphatic carbocycles. The van der Waals surface area contributed by atoms with Crippen molar-refractivity contribution in [2.24, 2.45) is 0 Å². The molecule has 0 radical (unpaired) electrons. The fourth-order valence-corrected chi connectivity index (χ4v) is 3.12. The maximum Gasteiger partial charge on any atom is 0.267 e. The van der Waals surface area contributed by atoms with E-state index >= 15 is 0 Å². The van der Waals surface area contributed by atoms with Crippen LogP contribution in [0.2, 0.25) is 0 Å². The first-order valence-electron chi connectivity index (χ1n) is 7.06. The van der Waals surface area contributed by atoms with E-state index in [-0.39, 0.29) is 6.10 Å². The third kappa shape index (κ3) is 8.89. The number of hydrogen-bond acceptors (Lipinski definition) is 3. The predicted molar refractivity (Wildman–Crippen MR) is 74.2 cm³/mol. The zero-order valence-electron chi connectivity index (χ0n) is 11.6. The summed E-state index contributed by atoms with van der Waals surface area (Å²) in [5.41, 5.74) is 0. The molecule has 0 aliphatic rings. The monoisotopic (exact) mass is 280 g/mol. The summed E-state index contributed by atoms with van der Waals surface area (Å²) < 4.78 is 31.3. The highest BCUT2D eigenvalue weighted by atomic mass is 32.2. The lowest BCUT2D eigenvalue weighted by Crippen LogP contribution is -2.21. The van der Waals surface area contributed by atoms with Gasteiger partial charge < -0.3 is 5.11 Å². The van der Waals surface area contributed by atoms with Crippen LogP contribution in [0, 0.1) is 0 Å². The van der Waals surface area contributed by atoms with Gasteiger partial charge in [0, 0.05) is 0 Å². The molecule has 5 heteroatoms. The molecule has 0 aromatic heterocycles. The van der Waals surface area contributed by atoms with Gasteiger partial charge >= 0.3 is 0 Å². The van der Waals surface area contributed by atoms with Crippen LogP contribution < -0.4 is 0 Å². The van der Waals surface area contributed by atoms with Crippen LogP contribution >= 0.6 is 0 Å². The standard InChI is InChI=1S/C13H28O4S/c1-3-5-6-9-12(14)10-7-11-13(8-4-2)18(15,16)17/h12-14H,3-11H2,1-2H3,(H,15,16,17). The number of rotatable bonds is 11. The largest absolute Gasteiger partial charge is 0.393 e. The van der Waals surface area contributed by atoms with Crippen LogP contribution in [-0.4, -0.2) is 29.4 Å². The average molecular weight is 280 g/mol. The molecule has 2 atom stereocenters. The average Bonchev–Trinajstić information content (AvgIpc) is 2.27. The number of unbranched alkanes of at least 4 members (excludes halogenated alkanes) is 2. The summed E-state index contributed by atoms with van der Waals surface area (Å²) in [5, 5.41) is 9.05. The van der Waals surface area contributed by atoms with Crippen molar-refractivity contribution in [1.29, 1.82) is 0 Å². The number of hydrogen-bond donors (Lipinski definition) is 2.